The van der Waals surface area contributed by atoms with Crippen LogP contribution in [0.1, 0.15) is 43.7 Å². The van der Waals surface area contributed by atoms with Gasteiger partial charge < -0.3 is 25.2 Å². The SMILES string of the molecule is CC(C)(CNC(=O)[C@H]1OCC[C@H]1CNC(=O)OCC1c2ccccc2-c2ccccc21)CC(=O)O. The van der Waals surface area contributed by atoms with Gasteiger partial charge in [0.1, 0.15) is 12.7 Å². The fourth-order valence-corrected chi connectivity index (χ4v) is 4.90. The molecule has 0 aromatic heterocycles. The zero-order chi connectivity index (χ0) is 25.0. The van der Waals surface area contributed by atoms with Crippen LogP contribution in [0.2, 0.25) is 0 Å². The Kier molecular flexibility index (Phi) is 7.40. The molecule has 2 aromatic rings. The van der Waals surface area contributed by atoms with E-state index in [0.29, 0.717) is 13.0 Å². The maximum absolute atomic E-state index is 12.6. The van der Waals surface area contributed by atoms with E-state index in [0.717, 1.165) is 11.1 Å². The van der Waals surface area contributed by atoms with Crippen molar-refractivity contribution in [3.05, 3.63) is 59.7 Å². The first kappa shape index (κ1) is 24.7. The van der Waals surface area contributed by atoms with Crippen molar-refractivity contribution >= 4 is 18.0 Å². The lowest BCUT2D eigenvalue weighted by molar-refractivity contribution is -0.140. The van der Waals surface area contributed by atoms with E-state index in [9.17, 15) is 14.4 Å². The molecule has 0 saturated carbocycles. The Morgan fingerprint density at radius 1 is 1.03 bits per heavy atom. The molecule has 2 aliphatic rings. The minimum atomic E-state index is -0.911. The van der Waals surface area contributed by atoms with Crippen molar-refractivity contribution in [1.82, 2.24) is 10.6 Å². The molecular weight excluding hydrogens is 448 g/mol. The topological polar surface area (TPSA) is 114 Å². The summed E-state index contributed by atoms with van der Waals surface area (Å²) in [6, 6.07) is 16.3. The zero-order valence-electron chi connectivity index (χ0n) is 20.1. The van der Waals surface area contributed by atoms with Crippen LogP contribution in [-0.4, -0.2) is 55.5 Å². The number of fused-ring (bicyclic) bond motifs is 3. The third kappa shape index (κ3) is 5.82. The Balaban J connectivity index is 1.27. The van der Waals surface area contributed by atoms with E-state index in [-0.39, 0.29) is 43.9 Å². The van der Waals surface area contributed by atoms with Crippen molar-refractivity contribution in [3.8, 4) is 11.1 Å². The monoisotopic (exact) mass is 480 g/mol. The third-order valence-corrected chi connectivity index (χ3v) is 6.70. The van der Waals surface area contributed by atoms with E-state index in [1.54, 1.807) is 13.8 Å². The van der Waals surface area contributed by atoms with Gasteiger partial charge in [0.05, 0.1) is 6.42 Å². The van der Waals surface area contributed by atoms with Gasteiger partial charge in [-0.25, -0.2) is 4.79 Å². The van der Waals surface area contributed by atoms with Crippen molar-refractivity contribution in [2.45, 2.75) is 38.7 Å². The number of aliphatic carboxylic acids is 1. The van der Waals surface area contributed by atoms with Gasteiger partial charge >= 0.3 is 12.1 Å². The maximum Gasteiger partial charge on any atom is 0.407 e. The quantitative estimate of drug-likeness (QED) is 0.506. The summed E-state index contributed by atoms with van der Waals surface area (Å²) >= 11 is 0. The van der Waals surface area contributed by atoms with Crippen molar-refractivity contribution in [2.75, 3.05) is 26.3 Å². The lowest BCUT2D eigenvalue weighted by atomic mass is 9.89. The van der Waals surface area contributed by atoms with Gasteiger partial charge in [0.25, 0.3) is 0 Å². The standard InChI is InChI=1S/C27H32N2O6/c1-27(2,13-23(30)31)16-29-25(32)24-17(11-12-34-24)14-28-26(33)35-15-22-20-9-5-3-7-18(20)19-8-4-6-10-21(19)22/h3-10,17,22,24H,11-16H2,1-2H3,(H,28,33)(H,29,32)(H,30,31)/t17-,24-/m0/s1. The number of rotatable bonds is 9. The molecule has 1 saturated heterocycles. The minimum absolute atomic E-state index is 0.0179. The Bertz CT molecular complexity index is 1050. The van der Waals surface area contributed by atoms with Gasteiger partial charge in [0.2, 0.25) is 5.91 Å². The molecule has 1 aliphatic heterocycles. The molecular formula is C27H32N2O6. The number of hydrogen-bond acceptors (Lipinski definition) is 5. The molecule has 0 radical (unpaired) electrons. The van der Waals surface area contributed by atoms with Crippen LogP contribution in [-0.2, 0) is 19.1 Å². The second-order valence-corrected chi connectivity index (χ2v) is 10.00. The van der Waals surface area contributed by atoms with E-state index in [2.05, 4.69) is 34.9 Å². The molecule has 1 aliphatic carbocycles. The van der Waals surface area contributed by atoms with Crippen LogP contribution in [0, 0.1) is 11.3 Å². The molecule has 4 rings (SSSR count). The van der Waals surface area contributed by atoms with E-state index < -0.39 is 23.6 Å². The maximum atomic E-state index is 12.6. The third-order valence-electron chi connectivity index (χ3n) is 6.70. The highest BCUT2D eigenvalue weighted by atomic mass is 16.5. The number of ether oxygens (including phenoxy) is 2. The lowest BCUT2D eigenvalue weighted by Crippen LogP contribution is -2.45. The van der Waals surface area contributed by atoms with Crippen LogP contribution in [0.25, 0.3) is 11.1 Å². The predicted molar refractivity (Wildman–Crippen MR) is 130 cm³/mol. The van der Waals surface area contributed by atoms with E-state index in [1.807, 2.05) is 24.3 Å². The molecule has 2 aromatic carbocycles. The van der Waals surface area contributed by atoms with Crippen LogP contribution >= 0.6 is 0 Å². The van der Waals surface area contributed by atoms with Crippen LogP contribution in [0.4, 0.5) is 4.79 Å². The molecule has 0 spiro atoms. The fraction of sp³-hybridized carbons (Fsp3) is 0.444. The first-order valence-electron chi connectivity index (χ1n) is 11.9. The highest BCUT2D eigenvalue weighted by molar-refractivity contribution is 5.82. The second kappa shape index (κ2) is 10.5. The summed E-state index contributed by atoms with van der Waals surface area (Å²) in [5.41, 5.74) is 4.05. The van der Waals surface area contributed by atoms with Gasteiger partial charge in [-0.15, -0.1) is 0 Å². The normalized spacial score (nSPS) is 19.0. The van der Waals surface area contributed by atoms with Crippen molar-refractivity contribution in [2.24, 2.45) is 11.3 Å². The largest absolute Gasteiger partial charge is 0.481 e. The molecule has 0 bridgehead atoms. The number of amides is 2. The van der Waals surface area contributed by atoms with E-state index in [1.165, 1.54) is 11.1 Å². The minimum Gasteiger partial charge on any atom is -0.481 e. The number of carboxylic acids is 1. The number of benzene rings is 2. The summed E-state index contributed by atoms with van der Waals surface area (Å²) in [5.74, 6) is -1.40. The van der Waals surface area contributed by atoms with Gasteiger partial charge in [0.15, 0.2) is 0 Å². The van der Waals surface area contributed by atoms with Gasteiger partial charge in [-0.05, 0) is 34.1 Å². The molecule has 1 heterocycles. The summed E-state index contributed by atoms with van der Waals surface area (Å²) in [5, 5.41) is 14.6. The second-order valence-electron chi connectivity index (χ2n) is 10.00. The number of carbonyl (C=O) groups is 3. The first-order valence-corrected chi connectivity index (χ1v) is 11.9. The zero-order valence-corrected chi connectivity index (χ0v) is 20.1. The number of nitrogens with one attached hydrogen (secondary N) is 2. The number of alkyl carbamates (subject to hydrolysis) is 1. The van der Waals surface area contributed by atoms with E-state index >= 15 is 0 Å². The van der Waals surface area contributed by atoms with E-state index in [4.69, 9.17) is 14.6 Å². The Labute approximate surface area is 205 Å². The summed E-state index contributed by atoms with van der Waals surface area (Å²) in [6.45, 7) is 4.70. The van der Waals surface area contributed by atoms with Crippen LogP contribution in [0.5, 0.6) is 0 Å². The van der Waals surface area contributed by atoms with Crippen molar-refractivity contribution in [1.29, 1.82) is 0 Å². The molecule has 2 amide bonds. The Morgan fingerprint density at radius 3 is 2.29 bits per heavy atom. The van der Waals surface area contributed by atoms with Gasteiger partial charge in [-0.1, -0.05) is 62.4 Å². The average molecular weight is 481 g/mol. The summed E-state index contributed by atoms with van der Waals surface area (Å²) in [4.78, 5) is 36.1. The lowest BCUT2D eigenvalue weighted by Gasteiger charge is -2.25. The molecule has 3 N–H and O–H groups in total. The average Bonchev–Trinajstić information content (AvgIpc) is 3.42. The smallest absolute Gasteiger partial charge is 0.407 e. The predicted octanol–water partition coefficient (Wildman–Crippen LogP) is 3.55. The Morgan fingerprint density at radius 2 is 1.66 bits per heavy atom. The van der Waals surface area contributed by atoms with Crippen LogP contribution in [0.3, 0.4) is 0 Å². The summed E-state index contributed by atoms with van der Waals surface area (Å²) < 4.78 is 11.2. The molecule has 8 nitrogen and oxygen atoms in total. The number of carboxylic acid groups (broad SMARTS) is 1. The molecule has 0 unspecified atom stereocenters. The van der Waals surface area contributed by atoms with Gasteiger partial charge in [-0.3, -0.25) is 9.59 Å². The molecule has 8 heteroatoms. The van der Waals surface area contributed by atoms with Gasteiger partial charge in [0, 0.05) is 31.5 Å². The fourth-order valence-electron chi connectivity index (χ4n) is 4.90. The summed E-state index contributed by atoms with van der Waals surface area (Å²) in [6.07, 6.45) is -0.628. The highest BCUT2D eigenvalue weighted by Gasteiger charge is 2.35. The first-order chi connectivity index (χ1) is 16.7. The molecule has 2 atom stereocenters. The molecule has 35 heavy (non-hydrogen) atoms. The van der Waals surface area contributed by atoms with Crippen LogP contribution < -0.4 is 10.6 Å². The number of carbonyl (C=O) groups excluding carboxylic acids is 2. The number of hydrogen-bond donors (Lipinski definition) is 3. The molecule has 186 valence electrons. The van der Waals surface area contributed by atoms with Crippen LogP contribution in [0.15, 0.2) is 48.5 Å². The summed E-state index contributed by atoms with van der Waals surface area (Å²) in [7, 11) is 0. The van der Waals surface area contributed by atoms with Crippen molar-refractivity contribution < 1.29 is 29.0 Å². The molecule has 1 fully saturated rings. The van der Waals surface area contributed by atoms with Crippen molar-refractivity contribution in [3.63, 3.8) is 0 Å². The Hall–Kier alpha value is -3.39. The highest BCUT2D eigenvalue weighted by Crippen LogP contribution is 2.44. The van der Waals surface area contributed by atoms with Gasteiger partial charge in [-0.2, -0.15) is 0 Å².